The van der Waals surface area contributed by atoms with Crippen molar-refractivity contribution in [2.45, 2.75) is 13.1 Å². The highest BCUT2D eigenvalue weighted by atomic mass is 16.3. The van der Waals surface area contributed by atoms with Gasteiger partial charge >= 0.3 is 0 Å². The van der Waals surface area contributed by atoms with E-state index in [4.69, 9.17) is 5.11 Å². The van der Waals surface area contributed by atoms with Crippen LogP contribution in [0.4, 0.5) is 5.69 Å². The number of aliphatic hydroxyl groups is 1. The topological polar surface area (TPSA) is 97.0 Å². The Labute approximate surface area is 145 Å². The molecule has 3 rings (SSSR count). The SMILES string of the molecule is O=C(Cn1cc(NCc2cnn(-c3ccccc3)c2)cn1)NCCO. The Morgan fingerprint density at radius 2 is 1.96 bits per heavy atom. The average Bonchev–Trinajstić information content (AvgIpc) is 3.28. The lowest BCUT2D eigenvalue weighted by atomic mass is 10.3. The van der Waals surface area contributed by atoms with Gasteiger partial charge in [0.2, 0.25) is 5.91 Å². The molecule has 3 N–H and O–H groups in total. The molecule has 1 aromatic carbocycles. The van der Waals surface area contributed by atoms with Crippen LogP contribution in [0.3, 0.4) is 0 Å². The monoisotopic (exact) mass is 340 g/mol. The van der Waals surface area contributed by atoms with Crippen LogP contribution in [0.1, 0.15) is 5.56 Å². The summed E-state index contributed by atoms with van der Waals surface area (Å²) in [5, 5.41) is 23.0. The van der Waals surface area contributed by atoms with E-state index >= 15 is 0 Å². The lowest BCUT2D eigenvalue weighted by Gasteiger charge is -2.03. The van der Waals surface area contributed by atoms with Crippen LogP contribution in [0.15, 0.2) is 55.1 Å². The molecule has 0 spiro atoms. The molecule has 0 atom stereocenters. The number of aromatic nitrogens is 4. The van der Waals surface area contributed by atoms with Gasteiger partial charge in [-0.25, -0.2) is 4.68 Å². The second-order valence-electron chi connectivity index (χ2n) is 5.48. The molecule has 0 aliphatic carbocycles. The van der Waals surface area contributed by atoms with Gasteiger partial charge in [-0.05, 0) is 12.1 Å². The molecule has 3 aromatic rings. The molecule has 0 unspecified atom stereocenters. The normalized spacial score (nSPS) is 10.6. The van der Waals surface area contributed by atoms with Crippen molar-refractivity contribution in [2.75, 3.05) is 18.5 Å². The Bertz CT molecular complexity index is 811. The number of nitrogens with zero attached hydrogens (tertiary/aromatic N) is 4. The first kappa shape index (κ1) is 16.7. The number of nitrogens with one attached hydrogen (secondary N) is 2. The number of hydrogen-bond acceptors (Lipinski definition) is 5. The minimum absolute atomic E-state index is 0.0751. The number of carbonyl (C=O) groups is 1. The summed E-state index contributed by atoms with van der Waals surface area (Å²) in [6.07, 6.45) is 7.21. The third-order valence-corrected chi connectivity index (χ3v) is 3.53. The molecule has 0 radical (unpaired) electrons. The Hall–Kier alpha value is -3.13. The summed E-state index contributed by atoms with van der Waals surface area (Å²) < 4.78 is 3.37. The van der Waals surface area contributed by atoms with Gasteiger partial charge in [0.05, 0.1) is 30.4 Å². The van der Waals surface area contributed by atoms with Crippen molar-refractivity contribution in [1.29, 1.82) is 0 Å². The summed E-state index contributed by atoms with van der Waals surface area (Å²) in [5.41, 5.74) is 2.87. The maximum Gasteiger partial charge on any atom is 0.241 e. The Kier molecular flexibility index (Phi) is 5.43. The molecule has 8 nitrogen and oxygen atoms in total. The van der Waals surface area contributed by atoms with Crippen molar-refractivity contribution in [1.82, 2.24) is 24.9 Å². The summed E-state index contributed by atoms with van der Waals surface area (Å²) in [6.45, 7) is 0.897. The fourth-order valence-corrected chi connectivity index (χ4v) is 2.32. The molecule has 0 aliphatic rings. The standard InChI is InChI=1S/C17H20N6O2/c24-7-6-18-17(25)13-22-12-15(10-20-22)19-8-14-9-21-23(11-14)16-4-2-1-3-5-16/h1-5,9-12,19,24H,6-8,13H2,(H,18,25). The van der Waals surface area contributed by atoms with Crippen molar-refractivity contribution >= 4 is 11.6 Å². The van der Waals surface area contributed by atoms with Crippen LogP contribution < -0.4 is 10.6 Å². The van der Waals surface area contributed by atoms with Gasteiger partial charge in [0.15, 0.2) is 0 Å². The number of aliphatic hydroxyl groups excluding tert-OH is 1. The largest absolute Gasteiger partial charge is 0.395 e. The number of benzene rings is 1. The van der Waals surface area contributed by atoms with Gasteiger partial charge in [0.1, 0.15) is 6.54 Å². The highest BCUT2D eigenvalue weighted by Gasteiger charge is 2.05. The predicted octanol–water partition coefficient (Wildman–Crippen LogP) is 0.789. The van der Waals surface area contributed by atoms with Crippen molar-refractivity contribution in [3.8, 4) is 5.69 Å². The molecule has 0 fully saturated rings. The highest BCUT2D eigenvalue weighted by molar-refractivity contribution is 5.75. The maximum absolute atomic E-state index is 11.6. The van der Waals surface area contributed by atoms with Gasteiger partial charge < -0.3 is 15.7 Å². The fourth-order valence-electron chi connectivity index (χ4n) is 2.32. The van der Waals surface area contributed by atoms with Gasteiger partial charge in [-0.3, -0.25) is 9.48 Å². The summed E-state index contributed by atoms with van der Waals surface area (Å²) in [6, 6.07) is 9.91. The Morgan fingerprint density at radius 3 is 2.76 bits per heavy atom. The molecule has 8 heteroatoms. The van der Waals surface area contributed by atoms with Gasteiger partial charge in [-0.15, -0.1) is 0 Å². The van der Waals surface area contributed by atoms with Gasteiger partial charge in [-0.2, -0.15) is 10.2 Å². The van der Waals surface area contributed by atoms with Crippen molar-refractivity contribution in [3.63, 3.8) is 0 Å². The summed E-state index contributed by atoms with van der Waals surface area (Å²) >= 11 is 0. The van der Waals surface area contributed by atoms with Crippen LogP contribution in [0.2, 0.25) is 0 Å². The Morgan fingerprint density at radius 1 is 1.12 bits per heavy atom. The first-order valence-corrected chi connectivity index (χ1v) is 7.97. The van der Waals surface area contributed by atoms with Gasteiger partial charge in [0.25, 0.3) is 0 Å². The second-order valence-corrected chi connectivity index (χ2v) is 5.48. The third kappa shape index (κ3) is 4.67. The zero-order valence-electron chi connectivity index (χ0n) is 13.7. The van der Waals surface area contributed by atoms with Gasteiger partial charge in [-0.1, -0.05) is 18.2 Å². The quantitative estimate of drug-likeness (QED) is 0.563. The summed E-state index contributed by atoms with van der Waals surface area (Å²) in [7, 11) is 0. The van der Waals surface area contributed by atoms with Crippen molar-refractivity contribution < 1.29 is 9.90 Å². The first-order chi connectivity index (χ1) is 12.2. The van der Waals surface area contributed by atoms with E-state index in [0.717, 1.165) is 16.9 Å². The van der Waals surface area contributed by atoms with E-state index in [2.05, 4.69) is 20.8 Å². The van der Waals surface area contributed by atoms with Crippen molar-refractivity contribution in [2.24, 2.45) is 0 Å². The van der Waals surface area contributed by atoms with Crippen LogP contribution in [-0.2, 0) is 17.9 Å². The molecule has 25 heavy (non-hydrogen) atoms. The van der Waals surface area contributed by atoms with Gasteiger partial charge in [0, 0.05) is 31.0 Å². The van der Waals surface area contributed by atoms with Crippen LogP contribution >= 0.6 is 0 Å². The molecule has 0 saturated carbocycles. The van der Waals surface area contributed by atoms with Crippen LogP contribution in [0.25, 0.3) is 5.69 Å². The number of rotatable bonds is 8. The summed E-state index contributed by atoms with van der Waals surface area (Å²) in [5.74, 6) is -0.187. The molecular formula is C17H20N6O2. The number of amides is 1. The number of carbonyl (C=O) groups excluding carboxylic acids is 1. The summed E-state index contributed by atoms with van der Waals surface area (Å²) in [4.78, 5) is 11.6. The van der Waals surface area contributed by atoms with Crippen molar-refractivity contribution in [3.05, 3.63) is 60.7 Å². The first-order valence-electron chi connectivity index (χ1n) is 7.97. The zero-order valence-corrected chi connectivity index (χ0v) is 13.7. The third-order valence-electron chi connectivity index (χ3n) is 3.53. The lowest BCUT2D eigenvalue weighted by molar-refractivity contribution is -0.122. The molecule has 130 valence electrons. The Balaban J connectivity index is 1.52. The molecule has 0 bridgehead atoms. The fraction of sp³-hybridized carbons (Fsp3) is 0.235. The van der Waals surface area contributed by atoms with E-state index in [9.17, 15) is 4.79 Å². The predicted molar refractivity (Wildman–Crippen MR) is 93.2 cm³/mol. The molecule has 2 aromatic heterocycles. The number of anilines is 1. The minimum Gasteiger partial charge on any atom is -0.395 e. The van der Waals surface area contributed by atoms with Crippen LogP contribution in [0, 0.1) is 0 Å². The molecule has 2 heterocycles. The zero-order chi connectivity index (χ0) is 17.5. The van der Waals surface area contributed by atoms with E-state index < -0.39 is 0 Å². The molecule has 0 aliphatic heterocycles. The molecule has 0 saturated heterocycles. The van der Waals surface area contributed by atoms with Crippen LogP contribution in [0.5, 0.6) is 0 Å². The second kappa shape index (κ2) is 8.11. The van der Waals surface area contributed by atoms with Crippen LogP contribution in [-0.4, -0.2) is 43.7 Å². The minimum atomic E-state index is -0.187. The maximum atomic E-state index is 11.6. The van der Waals surface area contributed by atoms with E-state index in [1.165, 1.54) is 0 Å². The average molecular weight is 340 g/mol. The number of hydrogen-bond donors (Lipinski definition) is 3. The van der Waals surface area contributed by atoms with E-state index in [0.29, 0.717) is 6.54 Å². The number of para-hydroxylation sites is 1. The molecule has 1 amide bonds. The van der Waals surface area contributed by atoms with E-state index in [-0.39, 0.29) is 25.6 Å². The van der Waals surface area contributed by atoms with E-state index in [1.54, 1.807) is 17.1 Å². The highest BCUT2D eigenvalue weighted by Crippen LogP contribution is 2.10. The lowest BCUT2D eigenvalue weighted by Crippen LogP contribution is -2.30. The molecular weight excluding hydrogens is 320 g/mol. The van der Waals surface area contributed by atoms with E-state index in [1.807, 2.05) is 47.4 Å². The smallest absolute Gasteiger partial charge is 0.241 e.